The first-order chi connectivity index (χ1) is 9.72. The van der Waals surface area contributed by atoms with Gasteiger partial charge in [-0.25, -0.2) is 0 Å². The number of aliphatic hydroxyl groups is 1. The molecule has 3 aliphatic rings. The highest BCUT2D eigenvalue weighted by molar-refractivity contribution is 4.85. The summed E-state index contributed by atoms with van der Waals surface area (Å²) in [5.74, 6) is 1.33. The van der Waals surface area contributed by atoms with E-state index in [1.54, 1.807) is 0 Å². The molecule has 1 heterocycles. The van der Waals surface area contributed by atoms with E-state index in [0.29, 0.717) is 5.92 Å². The van der Waals surface area contributed by atoms with E-state index >= 15 is 0 Å². The first-order valence-corrected chi connectivity index (χ1v) is 8.87. The van der Waals surface area contributed by atoms with Crippen LogP contribution in [0.5, 0.6) is 0 Å². The fourth-order valence-corrected chi connectivity index (χ4v) is 4.59. The van der Waals surface area contributed by atoms with Gasteiger partial charge in [0.15, 0.2) is 0 Å². The molecule has 3 fully saturated rings. The van der Waals surface area contributed by atoms with Crippen molar-refractivity contribution in [1.82, 2.24) is 9.80 Å². The predicted molar refractivity (Wildman–Crippen MR) is 82.8 cm³/mol. The van der Waals surface area contributed by atoms with E-state index in [1.165, 1.54) is 64.7 Å². The van der Waals surface area contributed by atoms with Crippen molar-refractivity contribution in [2.75, 3.05) is 32.7 Å². The molecule has 2 saturated carbocycles. The second kappa shape index (κ2) is 6.76. The maximum absolute atomic E-state index is 10.2. The minimum Gasteiger partial charge on any atom is -0.393 e. The molecule has 3 rings (SSSR count). The molecule has 2 aliphatic carbocycles. The normalized spacial score (nSPS) is 38.4. The van der Waals surface area contributed by atoms with E-state index in [0.717, 1.165) is 24.9 Å². The lowest BCUT2D eigenvalue weighted by atomic mass is 9.80. The molecule has 0 amide bonds. The predicted octanol–water partition coefficient (Wildman–Crippen LogP) is 2.34. The van der Waals surface area contributed by atoms with Gasteiger partial charge in [0.1, 0.15) is 0 Å². The molecule has 3 unspecified atom stereocenters. The number of rotatable bonds is 3. The summed E-state index contributed by atoms with van der Waals surface area (Å²) in [4.78, 5) is 5.33. The van der Waals surface area contributed by atoms with Crippen LogP contribution < -0.4 is 0 Å². The lowest BCUT2D eigenvalue weighted by Crippen LogP contribution is -2.51. The molecule has 116 valence electrons. The Morgan fingerprint density at radius 1 is 0.950 bits per heavy atom. The Balaban J connectivity index is 1.43. The Morgan fingerprint density at radius 2 is 1.65 bits per heavy atom. The molecule has 0 bridgehead atoms. The van der Waals surface area contributed by atoms with Crippen LogP contribution in [0.25, 0.3) is 0 Å². The van der Waals surface area contributed by atoms with Gasteiger partial charge in [0.2, 0.25) is 0 Å². The molecular weight excluding hydrogens is 248 g/mol. The molecule has 0 spiro atoms. The molecule has 3 atom stereocenters. The summed E-state index contributed by atoms with van der Waals surface area (Å²) in [5.41, 5.74) is 0. The van der Waals surface area contributed by atoms with E-state index in [1.807, 2.05) is 0 Å². The van der Waals surface area contributed by atoms with Crippen LogP contribution in [0.15, 0.2) is 0 Å². The summed E-state index contributed by atoms with van der Waals surface area (Å²) >= 11 is 0. The third kappa shape index (κ3) is 3.55. The van der Waals surface area contributed by atoms with Gasteiger partial charge in [-0.05, 0) is 43.9 Å². The molecule has 1 saturated heterocycles. The van der Waals surface area contributed by atoms with Gasteiger partial charge in [-0.3, -0.25) is 4.90 Å². The van der Waals surface area contributed by atoms with Gasteiger partial charge in [-0.15, -0.1) is 0 Å². The SMILES string of the molecule is CC1CCC(O)C(CN2CCN(C3CCCC3)CC2)C1. The van der Waals surface area contributed by atoms with Crippen molar-refractivity contribution in [1.29, 1.82) is 0 Å². The number of aliphatic hydroxyl groups excluding tert-OH is 1. The Bertz CT molecular complexity index is 295. The van der Waals surface area contributed by atoms with Crippen molar-refractivity contribution < 1.29 is 5.11 Å². The molecule has 1 aliphatic heterocycles. The van der Waals surface area contributed by atoms with Crippen LogP contribution in [-0.4, -0.2) is 59.8 Å². The average molecular weight is 280 g/mol. The van der Waals surface area contributed by atoms with Gasteiger partial charge < -0.3 is 10.0 Å². The molecule has 0 aromatic rings. The highest BCUT2D eigenvalue weighted by Gasteiger charge is 2.31. The Morgan fingerprint density at radius 3 is 2.35 bits per heavy atom. The monoisotopic (exact) mass is 280 g/mol. The molecule has 3 nitrogen and oxygen atoms in total. The van der Waals surface area contributed by atoms with Crippen LogP contribution in [-0.2, 0) is 0 Å². The molecular formula is C17H32N2O. The van der Waals surface area contributed by atoms with Gasteiger partial charge in [0.25, 0.3) is 0 Å². The smallest absolute Gasteiger partial charge is 0.0580 e. The lowest BCUT2D eigenvalue weighted by Gasteiger charge is -2.41. The Hall–Kier alpha value is -0.120. The first-order valence-electron chi connectivity index (χ1n) is 8.87. The Kier molecular flexibility index (Phi) is 5.00. The van der Waals surface area contributed by atoms with Gasteiger partial charge in [-0.1, -0.05) is 19.8 Å². The molecule has 20 heavy (non-hydrogen) atoms. The largest absolute Gasteiger partial charge is 0.393 e. The minimum atomic E-state index is -0.0425. The highest BCUT2D eigenvalue weighted by atomic mass is 16.3. The fourth-order valence-electron chi connectivity index (χ4n) is 4.59. The number of hydrogen-bond acceptors (Lipinski definition) is 3. The van der Waals surface area contributed by atoms with Gasteiger partial charge in [0.05, 0.1) is 6.10 Å². The second-order valence-electron chi connectivity index (χ2n) is 7.52. The van der Waals surface area contributed by atoms with Crippen LogP contribution >= 0.6 is 0 Å². The minimum absolute atomic E-state index is 0.0425. The molecule has 0 aromatic heterocycles. The maximum Gasteiger partial charge on any atom is 0.0580 e. The van der Waals surface area contributed by atoms with Gasteiger partial charge in [0, 0.05) is 38.8 Å². The topological polar surface area (TPSA) is 26.7 Å². The van der Waals surface area contributed by atoms with Crippen molar-refractivity contribution in [3.63, 3.8) is 0 Å². The molecule has 3 heteroatoms. The summed E-state index contributed by atoms with van der Waals surface area (Å²) in [6, 6.07) is 0.887. The van der Waals surface area contributed by atoms with Crippen molar-refractivity contribution in [3.8, 4) is 0 Å². The zero-order valence-corrected chi connectivity index (χ0v) is 13.1. The summed E-state index contributed by atoms with van der Waals surface area (Å²) in [5, 5.41) is 10.2. The molecule has 0 radical (unpaired) electrons. The molecule has 0 aromatic carbocycles. The first kappa shape index (κ1) is 14.8. The zero-order chi connectivity index (χ0) is 13.9. The Labute approximate surface area is 124 Å². The summed E-state index contributed by atoms with van der Waals surface area (Å²) < 4.78 is 0. The third-order valence-electron chi connectivity index (χ3n) is 5.95. The molecule has 1 N–H and O–H groups in total. The summed E-state index contributed by atoms with van der Waals surface area (Å²) in [6.45, 7) is 8.41. The van der Waals surface area contributed by atoms with E-state index in [2.05, 4.69) is 16.7 Å². The zero-order valence-electron chi connectivity index (χ0n) is 13.1. The van der Waals surface area contributed by atoms with Crippen molar-refractivity contribution in [3.05, 3.63) is 0 Å². The number of nitrogens with zero attached hydrogens (tertiary/aromatic N) is 2. The fraction of sp³-hybridized carbons (Fsp3) is 1.00. The van der Waals surface area contributed by atoms with Crippen LogP contribution in [0.3, 0.4) is 0 Å². The quantitative estimate of drug-likeness (QED) is 0.859. The van der Waals surface area contributed by atoms with Crippen molar-refractivity contribution in [2.24, 2.45) is 11.8 Å². The maximum atomic E-state index is 10.2. The van der Waals surface area contributed by atoms with Crippen LogP contribution in [0, 0.1) is 11.8 Å². The van der Waals surface area contributed by atoms with Gasteiger partial charge in [-0.2, -0.15) is 0 Å². The van der Waals surface area contributed by atoms with Crippen LogP contribution in [0.2, 0.25) is 0 Å². The van der Waals surface area contributed by atoms with Crippen LogP contribution in [0.1, 0.15) is 51.9 Å². The van der Waals surface area contributed by atoms with Crippen molar-refractivity contribution >= 4 is 0 Å². The second-order valence-corrected chi connectivity index (χ2v) is 7.52. The van der Waals surface area contributed by atoms with E-state index in [9.17, 15) is 5.11 Å². The van der Waals surface area contributed by atoms with E-state index in [4.69, 9.17) is 0 Å². The van der Waals surface area contributed by atoms with E-state index in [-0.39, 0.29) is 6.10 Å². The van der Waals surface area contributed by atoms with Crippen LogP contribution in [0.4, 0.5) is 0 Å². The summed E-state index contributed by atoms with van der Waals surface area (Å²) in [7, 11) is 0. The van der Waals surface area contributed by atoms with Crippen molar-refractivity contribution in [2.45, 2.75) is 64.0 Å². The average Bonchev–Trinajstić information content (AvgIpc) is 2.98. The van der Waals surface area contributed by atoms with E-state index < -0.39 is 0 Å². The number of hydrogen-bond donors (Lipinski definition) is 1. The lowest BCUT2D eigenvalue weighted by molar-refractivity contribution is 0.0150. The van der Waals surface area contributed by atoms with Gasteiger partial charge >= 0.3 is 0 Å². The standard InChI is InChI=1S/C17H32N2O/c1-14-6-7-17(20)15(12-14)13-18-8-10-19(11-9-18)16-4-2-3-5-16/h14-17,20H,2-13H2,1H3. The number of piperazine rings is 1. The highest BCUT2D eigenvalue weighted by Crippen LogP contribution is 2.30. The summed E-state index contributed by atoms with van der Waals surface area (Å²) in [6.07, 6.45) is 9.16. The third-order valence-corrected chi connectivity index (χ3v) is 5.95.